The molecule has 1 fully saturated rings. The number of hydrogen-bond donors (Lipinski definition) is 1. The predicted molar refractivity (Wildman–Crippen MR) is 76.5 cm³/mol. The molecule has 2 rings (SSSR count). The molecule has 20 heavy (non-hydrogen) atoms. The Bertz CT molecular complexity index is 447. The Morgan fingerprint density at radius 1 is 1.30 bits per heavy atom. The van der Waals surface area contributed by atoms with E-state index in [1.54, 1.807) is 7.11 Å². The van der Waals surface area contributed by atoms with E-state index in [1.807, 2.05) is 43.0 Å². The summed E-state index contributed by atoms with van der Waals surface area (Å²) in [6.45, 7) is 5.66. The van der Waals surface area contributed by atoms with Crippen molar-refractivity contribution in [3.63, 3.8) is 0 Å². The molecule has 0 bridgehead atoms. The van der Waals surface area contributed by atoms with Crippen molar-refractivity contribution in [2.45, 2.75) is 26.1 Å². The SMILES string of the molecule is CCOCCN1C(=O)C(C)NC1c1ccc(OC)cc1. The van der Waals surface area contributed by atoms with Gasteiger partial charge in [-0.15, -0.1) is 0 Å². The summed E-state index contributed by atoms with van der Waals surface area (Å²) in [6.07, 6.45) is -0.0936. The smallest absolute Gasteiger partial charge is 0.241 e. The molecule has 1 aliphatic rings. The quantitative estimate of drug-likeness (QED) is 0.802. The van der Waals surface area contributed by atoms with E-state index in [2.05, 4.69) is 5.32 Å². The van der Waals surface area contributed by atoms with Crippen molar-refractivity contribution in [2.75, 3.05) is 26.9 Å². The molecule has 1 N–H and O–H groups in total. The standard InChI is InChI=1S/C15H22N2O3/c1-4-20-10-9-17-14(16-11(2)15(17)18)12-5-7-13(19-3)8-6-12/h5-8,11,14,16H,4,9-10H2,1-3H3. The molecule has 2 unspecified atom stereocenters. The highest BCUT2D eigenvalue weighted by molar-refractivity contribution is 5.84. The molecular weight excluding hydrogens is 256 g/mol. The number of nitrogens with one attached hydrogen (secondary N) is 1. The van der Waals surface area contributed by atoms with Crippen LogP contribution in [0.4, 0.5) is 0 Å². The van der Waals surface area contributed by atoms with Crippen LogP contribution in [0.5, 0.6) is 5.75 Å². The molecule has 0 radical (unpaired) electrons. The first-order valence-electron chi connectivity index (χ1n) is 6.95. The van der Waals surface area contributed by atoms with Gasteiger partial charge in [-0.05, 0) is 31.5 Å². The van der Waals surface area contributed by atoms with Crippen LogP contribution in [0, 0.1) is 0 Å². The van der Waals surface area contributed by atoms with Gasteiger partial charge < -0.3 is 14.4 Å². The first-order valence-corrected chi connectivity index (χ1v) is 6.95. The minimum Gasteiger partial charge on any atom is -0.497 e. The molecule has 1 heterocycles. The molecule has 0 saturated carbocycles. The molecule has 2 atom stereocenters. The zero-order chi connectivity index (χ0) is 14.5. The fraction of sp³-hybridized carbons (Fsp3) is 0.533. The molecule has 110 valence electrons. The number of hydrogen-bond acceptors (Lipinski definition) is 4. The van der Waals surface area contributed by atoms with E-state index in [9.17, 15) is 4.79 Å². The van der Waals surface area contributed by atoms with Gasteiger partial charge in [0.25, 0.3) is 0 Å². The van der Waals surface area contributed by atoms with Crippen molar-refractivity contribution in [1.82, 2.24) is 10.2 Å². The van der Waals surface area contributed by atoms with Crippen LogP contribution in [0.15, 0.2) is 24.3 Å². The molecule has 0 spiro atoms. The van der Waals surface area contributed by atoms with Crippen LogP contribution in [0.25, 0.3) is 0 Å². The Labute approximate surface area is 119 Å². The van der Waals surface area contributed by atoms with E-state index >= 15 is 0 Å². The summed E-state index contributed by atoms with van der Waals surface area (Å²) in [7, 11) is 1.64. The second-order valence-electron chi connectivity index (χ2n) is 4.79. The van der Waals surface area contributed by atoms with Crippen molar-refractivity contribution in [1.29, 1.82) is 0 Å². The van der Waals surface area contributed by atoms with E-state index in [0.29, 0.717) is 19.8 Å². The Morgan fingerprint density at radius 2 is 2.00 bits per heavy atom. The summed E-state index contributed by atoms with van der Waals surface area (Å²) in [5.41, 5.74) is 1.06. The third-order valence-electron chi connectivity index (χ3n) is 3.49. The van der Waals surface area contributed by atoms with E-state index in [-0.39, 0.29) is 18.1 Å². The maximum Gasteiger partial charge on any atom is 0.241 e. The number of carbonyl (C=O) groups is 1. The normalized spacial score (nSPS) is 22.4. The van der Waals surface area contributed by atoms with Gasteiger partial charge in [-0.1, -0.05) is 12.1 Å². The average Bonchev–Trinajstić information content (AvgIpc) is 2.76. The highest BCUT2D eigenvalue weighted by atomic mass is 16.5. The summed E-state index contributed by atoms with van der Waals surface area (Å²) in [6, 6.07) is 7.62. The van der Waals surface area contributed by atoms with Crippen molar-refractivity contribution < 1.29 is 14.3 Å². The van der Waals surface area contributed by atoms with Crippen molar-refractivity contribution in [3.8, 4) is 5.75 Å². The number of nitrogens with zero attached hydrogens (tertiary/aromatic N) is 1. The maximum atomic E-state index is 12.2. The zero-order valence-corrected chi connectivity index (χ0v) is 12.3. The van der Waals surface area contributed by atoms with Crippen molar-refractivity contribution in [2.24, 2.45) is 0 Å². The lowest BCUT2D eigenvalue weighted by Crippen LogP contribution is -2.33. The fourth-order valence-electron chi connectivity index (χ4n) is 2.38. The van der Waals surface area contributed by atoms with Crippen LogP contribution in [0.1, 0.15) is 25.6 Å². The largest absolute Gasteiger partial charge is 0.497 e. The van der Waals surface area contributed by atoms with Gasteiger partial charge >= 0.3 is 0 Å². The number of methoxy groups -OCH3 is 1. The topological polar surface area (TPSA) is 50.8 Å². The van der Waals surface area contributed by atoms with Crippen LogP contribution in [0.3, 0.4) is 0 Å². The maximum absolute atomic E-state index is 12.2. The molecule has 1 aromatic rings. The Kier molecular flexibility index (Phi) is 4.98. The predicted octanol–water partition coefficient (Wildman–Crippen LogP) is 1.55. The third kappa shape index (κ3) is 3.11. The minimum absolute atomic E-state index is 0.0936. The molecule has 5 nitrogen and oxygen atoms in total. The first kappa shape index (κ1) is 14.8. The van der Waals surface area contributed by atoms with Gasteiger partial charge in [0, 0.05) is 13.2 Å². The van der Waals surface area contributed by atoms with Crippen LogP contribution >= 0.6 is 0 Å². The Balaban J connectivity index is 2.12. The second-order valence-corrected chi connectivity index (χ2v) is 4.79. The number of carbonyl (C=O) groups excluding carboxylic acids is 1. The van der Waals surface area contributed by atoms with Crippen LogP contribution in [-0.2, 0) is 9.53 Å². The molecule has 1 aromatic carbocycles. The van der Waals surface area contributed by atoms with Crippen molar-refractivity contribution >= 4 is 5.91 Å². The van der Waals surface area contributed by atoms with Crippen LogP contribution in [-0.4, -0.2) is 43.7 Å². The van der Waals surface area contributed by atoms with Crippen LogP contribution < -0.4 is 10.1 Å². The molecule has 1 amide bonds. The highest BCUT2D eigenvalue weighted by Gasteiger charge is 2.36. The molecule has 1 aliphatic heterocycles. The number of ether oxygens (including phenoxy) is 2. The number of rotatable bonds is 6. The summed E-state index contributed by atoms with van der Waals surface area (Å²) in [5.74, 6) is 0.928. The molecule has 0 aliphatic carbocycles. The highest BCUT2D eigenvalue weighted by Crippen LogP contribution is 2.26. The molecule has 1 saturated heterocycles. The van der Waals surface area contributed by atoms with Gasteiger partial charge in [0.15, 0.2) is 0 Å². The van der Waals surface area contributed by atoms with Gasteiger partial charge in [0.05, 0.1) is 19.8 Å². The van der Waals surface area contributed by atoms with E-state index < -0.39 is 0 Å². The van der Waals surface area contributed by atoms with Gasteiger partial charge in [-0.25, -0.2) is 0 Å². The lowest BCUT2D eigenvalue weighted by atomic mass is 10.1. The van der Waals surface area contributed by atoms with E-state index in [0.717, 1.165) is 11.3 Å². The summed E-state index contributed by atoms with van der Waals surface area (Å²) in [4.78, 5) is 14.0. The van der Waals surface area contributed by atoms with Gasteiger partial charge in [-0.3, -0.25) is 10.1 Å². The average molecular weight is 278 g/mol. The van der Waals surface area contributed by atoms with Gasteiger partial charge in [0.2, 0.25) is 5.91 Å². The van der Waals surface area contributed by atoms with Crippen molar-refractivity contribution in [3.05, 3.63) is 29.8 Å². The van der Waals surface area contributed by atoms with Gasteiger partial charge in [-0.2, -0.15) is 0 Å². The summed E-state index contributed by atoms with van der Waals surface area (Å²) in [5, 5.41) is 3.31. The monoisotopic (exact) mass is 278 g/mol. The second kappa shape index (κ2) is 6.72. The van der Waals surface area contributed by atoms with E-state index in [4.69, 9.17) is 9.47 Å². The third-order valence-corrected chi connectivity index (χ3v) is 3.49. The fourth-order valence-corrected chi connectivity index (χ4v) is 2.38. The lowest BCUT2D eigenvalue weighted by molar-refractivity contribution is -0.130. The Morgan fingerprint density at radius 3 is 2.60 bits per heavy atom. The minimum atomic E-state index is -0.163. The zero-order valence-electron chi connectivity index (χ0n) is 12.3. The first-order chi connectivity index (χ1) is 9.67. The summed E-state index contributed by atoms with van der Waals surface area (Å²) >= 11 is 0. The van der Waals surface area contributed by atoms with Gasteiger partial charge in [0.1, 0.15) is 11.9 Å². The van der Waals surface area contributed by atoms with Crippen LogP contribution in [0.2, 0.25) is 0 Å². The lowest BCUT2D eigenvalue weighted by Gasteiger charge is -2.24. The molecular formula is C15H22N2O3. The molecule has 0 aromatic heterocycles. The molecule has 5 heteroatoms. The number of benzene rings is 1. The summed E-state index contributed by atoms with van der Waals surface area (Å²) < 4.78 is 10.5. The number of amides is 1. The van der Waals surface area contributed by atoms with E-state index in [1.165, 1.54) is 0 Å². The Hall–Kier alpha value is -1.59.